The molecule has 350 valence electrons. The van der Waals surface area contributed by atoms with E-state index in [4.69, 9.17) is 23.8 Å². The zero-order valence-electron chi connectivity index (χ0n) is 39.0. The SMILES string of the molecule is FC(F)(F)c1c(-c2ccc(-c3nc(-c4ccccc4)nc(-c4ccccc4)n3)c(-n3c4ccccc4c4c5oc6ccccc6c5ccc43)c2)cccc1-n1c2ccccc2c2c3oc4ccccc4c3ccc21. The van der Waals surface area contributed by atoms with Gasteiger partial charge < -0.3 is 18.0 Å². The standard InChI is InChI=1S/C64H36F3N5O2/c65-64(66,67)58-40(24-15-27-52(58)71-48-25-11-7-22-45(48)56-50(71)34-32-43-41-20-9-13-28-54(41)73-59(43)56)39-30-31-47(63-69-61(37-16-3-1-4-17-37)68-62(70-63)38-18-5-2-6-19-38)53(36-39)72-49-26-12-8-23-46(49)57-51(72)35-33-44-42-21-10-14-29-55(42)74-60(44)57/h1-36H. The first-order valence-corrected chi connectivity index (χ1v) is 24.3. The maximum absolute atomic E-state index is 16.5. The molecule has 74 heavy (non-hydrogen) atoms. The molecule has 7 nitrogen and oxygen atoms in total. The fourth-order valence-electron chi connectivity index (χ4n) is 11.3. The first kappa shape index (κ1) is 41.9. The minimum absolute atomic E-state index is 0.00424. The Kier molecular flexibility index (Phi) is 8.98. The average molecular weight is 964 g/mol. The van der Waals surface area contributed by atoms with E-state index in [0.29, 0.717) is 62.1 Å². The van der Waals surface area contributed by atoms with Crippen molar-refractivity contribution in [2.75, 3.05) is 0 Å². The normalized spacial score (nSPS) is 12.3. The van der Waals surface area contributed by atoms with Crippen LogP contribution in [-0.2, 0) is 6.18 Å². The van der Waals surface area contributed by atoms with Crippen LogP contribution in [0.1, 0.15) is 5.56 Å². The van der Waals surface area contributed by atoms with Crippen molar-refractivity contribution in [2.24, 2.45) is 0 Å². The number of hydrogen-bond acceptors (Lipinski definition) is 5. The highest BCUT2D eigenvalue weighted by Gasteiger charge is 2.38. The van der Waals surface area contributed by atoms with Crippen LogP contribution < -0.4 is 0 Å². The molecule has 15 aromatic rings. The molecule has 0 saturated carbocycles. The van der Waals surface area contributed by atoms with Gasteiger partial charge in [-0.25, -0.2) is 15.0 Å². The predicted octanol–water partition coefficient (Wildman–Crippen LogP) is 17.6. The van der Waals surface area contributed by atoms with Crippen LogP contribution in [0.15, 0.2) is 227 Å². The summed E-state index contributed by atoms with van der Waals surface area (Å²) in [7, 11) is 0. The largest absolute Gasteiger partial charge is 0.455 e. The van der Waals surface area contributed by atoms with Crippen LogP contribution in [0.2, 0.25) is 0 Å². The molecule has 5 heterocycles. The van der Waals surface area contributed by atoms with Crippen molar-refractivity contribution in [3.63, 3.8) is 0 Å². The summed E-state index contributed by atoms with van der Waals surface area (Å²) in [5.74, 6) is 1.25. The maximum atomic E-state index is 16.5. The molecular weight excluding hydrogens is 928 g/mol. The Hall–Kier alpha value is -9.80. The van der Waals surface area contributed by atoms with Gasteiger partial charge in [-0.2, -0.15) is 13.2 Å². The highest BCUT2D eigenvalue weighted by molar-refractivity contribution is 6.25. The molecule has 0 spiro atoms. The molecule has 10 aromatic carbocycles. The molecule has 0 aliphatic carbocycles. The minimum atomic E-state index is -4.81. The second-order valence-corrected chi connectivity index (χ2v) is 18.5. The number of halogens is 3. The van der Waals surface area contributed by atoms with Gasteiger partial charge in [-0.3, -0.25) is 0 Å². The number of aromatic nitrogens is 5. The lowest BCUT2D eigenvalue weighted by molar-refractivity contribution is -0.136. The van der Waals surface area contributed by atoms with Crippen molar-refractivity contribution >= 4 is 87.5 Å². The van der Waals surface area contributed by atoms with Gasteiger partial charge in [0.25, 0.3) is 0 Å². The molecule has 0 unspecified atom stereocenters. The van der Waals surface area contributed by atoms with Gasteiger partial charge in [0.05, 0.1) is 49.8 Å². The van der Waals surface area contributed by atoms with Gasteiger partial charge in [0.2, 0.25) is 0 Å². The van der Waals surface area contributed by atoms with E-state index in [-0.39, 0.29) is 11.3 Å². The van der Waals surface area contributed by atoms with Crippen molar-refractivity contribution in [3.8, 4) is 56.7 Å². The number of benzene rings is 10. The number of hydrogen-bond donors (Lipinski definition) is 0. The van der Waals surface area contributed by atoms with E-state index < -0.39 is 11.7 Å². The fourth-order valence-corrected chi connectivity index (χ4v) is 11.3. The number of nitrogens with zero attached hydrogens (tertiary/aromatic N) is 5. The summed E-state index contributed by atoms with van der Waals surface area (Å²) >= 11 is 0. The van der Waals surface area contributed by atoms with Gasteiger partial charge in [0.15, 0.2) is 17.5 Å². The van der Waals surface area contributed by atoms with Crippen molar-refractivity contribution in [2.45, 2.75) is 6.18 Å². The third kappa shape index (κ3) is 6.24. The molecule has 0 atom stereocenters. The van der Waals surface area contributed by atoms with Crippen LogP contribution in [0, 0.1) is 0 Å². The monoisotopic (exact) mass is 963 g/mol. The third-order valence-electron chi connectivity index (χ3n) is 14.4. The lowest BCUT2D eigenvalue weighted by Gasteiger charge is -2.21. The topological polar surface area (TPSA) is 74.8 Å². The highest BCUT2D eigenvalue weighted by atomic mass is 19.4. The average Bonchev–Trinajstić information content (AvgIpc) is 4.20. The fraction of sp³-hybridized carbons (Fsp3) is 0.0156. The van der Waals surface area contributed by atoms with Crippen molar-refractivity contribution < 1.29 is 22.0 Å². The summed E-state index contributed by atoms with van der Waals surface area (Å²) in [5.41, 5.74) is 7.91. The van der Waals surface area contributed by atoms with E-state index in [0.717, 1.165) is 70.8 Å². The molecule has 0 radical (unpaired) electrons. The summed E-state index contributed by atoms with van der Waals surface area (Å²) in [6, 6.07) is 69.0. The molecule has 0 bridgehead atoms. The summed E-state index contributed by atoms with van der Waals surface area (Å²) < 4.78 is 66.5. The molecule has 0 aliphatic heterocycles. The molecule has 0 aliphatic rings. The van der Waals surface area contributed by atoms with Crippen LogP contribution in [0.5, 0.6) is 0 Å². The molecular formula is C64H36F3N5O2. The predicted molar refractivity (Wildman–Crippen MR) is 290 cm³/mol. The van der Waals surface area contributed by atoms with E-state index in [2.05, 4.69) is 22.8 Å². The molecule has 0 N–H and O–H groups in total. The van der Waals surface area contributed by atoms with Crippen LogP contribution in [0.4, 0.5) is 13.2 Å². The summed E-state index contributed by atoms with van der Waals surface area (Å²) in [6.45, 7) is 0. The Labute approximate surface area is 418 Å². The van der Waals surface area contributed by atoms with E-state index in [9.17, 15) is 0 Å². The Morgan fingerprint density at radius 1 is 0.338 bits per heavy atom. The van der Waals surface area contributed by atoms with Crippen molar-refractivity contribution in [3.05, 3.63) is 224 Å². The number of furan rings is 2. The summed E-state index contributed by atoms with van der Waals surface area (Å²) in [4.78, 5) is 15.3. The van der Waals surface area contributed by atoms with Gasteiger partial charge in [0, 0.05) is 49.0 Å². The van der Waals surface area contributed by atoms with Gasteiger partial charge >= 0.3 is 6.18 Å². The van der Waals surface area contributed by atoms with Crippen LogP contribution >= 0.6 is 0 Å². The molecule has 10 heteroatoms. The quantitative estimate of drug-likeness (QED) is 0.166. The highest BCUT2D eigenvalue weighted by Crippen LogP contribution is 2.48. The Morgan fingerprint density at radius 3 is 1.35 bits per heavy atom. The Morgan fingerprint density at radius 2 is 0.811 bits per heavy atom. The smallest absolute Gasteiger partial charge is 0.419 e. The lowest BCUT2D eigenvalue weighted by Crippen LogP contribution is -2.13. The van der Waals surface area contributed by atoms with Crippen molar-refractivity contribution in [1.29, 1.82) is 0 Å². The minimum Gasteiger partial charge on any atom is -0.455 e. The van der Waals surface area contributed by atoms with Gasteiger partial charge in [0.1, 0.15) is 22.3 Å². The molecule has 15 rings (SSSR count). The first-order valence-electron chi connectivity index (χ1n) is 24.3. The zero-order valence-corrected chi connectivity index (χ0v) is 39.0. The molecule has 0 saturated heterocycles. The van der Waals surface area contributed by atoms with E-state index in [1.165, 1.54) is 0 Å². The molecule has 0 fully saturated rings. The molecule has 0 amide bonds. The Balaban J connectivity index is 1.03. The summed E-state index contributed by atoms with van der Waals surface area (Å²) in [5, 5.41) is 7.09. The number of alkyl halides is 3. The second-order valence-electron chi connectivity index (χ2n) is 18.5. The number of para-hydroxylation sites is 4. The van der Waals surface area contributed by atoms with E-state index in [1.807, 2.05) is 176 Å². The van der Waals surface area contributed by atoms with Gasteiger partial charge in [-0.15, -0.1) is 0 Å². The van der Waals surface area contributed by atoms with Crippen LogP contribution in [0.3, 0.4) is 0 Å². The number of fused-ring (bicyclic) bond motifs is 14. The van der Waals surface area contributed by atoms with E-state index in [1.54, 1.807) is 28.8 Å². The maximum Gasteiger partial charge on any atom is 0.419 e. The van der Waals surface area contributed by atoms with Crippen LogP contribution in [0.25, 0.3) is 144 Å². The lowest BCUT2D eigenvalue weighted by atomic mass is 9.95. The van der Waals surface area contributed by atoms with Gasteiger partial charge in [-0.1, -0.05) is 152 Å². The molecule has 5 aromatic heterocycles. The second kappa shape index (κ2) is 15.9. The zero-order chi connectivity index (χ0) is 49.2. The summed E-state index contributed by atoms with van der Waals surface area (Å²) in [6.07, 6.45) is -4.81. The third-order valence-corrected chi connectivity index (χ3v) is 14.4. The Bertz CT molecular complexity index is 4720. The van der Waals surface area contributed by atoms with Crippen molar-refractivity contribution in [1.82, 2.24) is 24.1 Å². The first-order chi connectivity index (χ1) is 36.4. The van der Waals surface area contributed by atoms with E-state index >= 15 is 13.2 Å². The van der Waals surface area contributed by atoms with Crippen LogP contribution in [-0.4, -0.2) is 24.1 Å². The number of rotatable bonds is 6. The van der Waals surface area contributed by atoms with Gasteiger partial charge in [-0.05, 0) is 77.9 Å².